The van der Waals surface area contributed by atoms with Gasteiger partial charge in [-0.3, -0.25) is 0 Å². The summed E-state index contributed by atoms with van der Waals surface area (Å²) < 4.78 is 1.05. The first-order valence-corrected chi connectivity index (χ1v) is 7.02. The van der Waals surface area contributed by atoms with Crippen LogP contribution in [0.2, 0.25) is 0 Å². The second kappa shape index (κ2) is 4.71. The zero-order chi connectivity index (χ0) is 12.5. The number of benzene rings is 1. The highest BCUT2D eigenvalue weighted by molar-refractivity contribution is 7.21. The van der Waals surface area contributed by atoms with Crippen molar-refractivity contribution in [3.8, 4) is 0 Å². The molecule has 2 aromatic rings. The summed E-state index contributed by atoms with van der Waals surface area (Å²) in [5.74, 6) is -0.0115. The minimum absolute atomic E-state index is 0.472. The quantitative estimate of drug-likeness (QED) is 0.869. The summed E-state index contributed by atoms with van der Waals surface area (Å²) in [7, 11) is 0. The largest absolute Gasteiger partial charge is 0.477 e. The van der Waals surface area contributed by atoms with E-state index in [1.165, 1.54) is 24.2 Å². The Kier molecular flexibility index (Phi) is 3.06. The molecule has 18 heavy (non-hydrogen) atoms. The fourth-order valence-corrected chi connectivity index (χ4v) is 3.23. The lowest BCUT2D eigenvalue weighted by Crippen LogP contribution is -2.17. The lowest BCUT2D eigenvalue weighted by atomic mass is 10.1. The molecule has 94 valence electrons. The van der Waals surface area contributed by atoms with Crippen LogP contribution < -0.4 is 5.32 Å². The highest BCUT2D eigenvalue weighted by atomic mass is 32.1. The Morgan fingerprint density at radius 2 is 2.17 bits per heavy atom. The van der Waals surface area contributed by atoms with E-state index < -0.39 is 5.97 Å². The van der Waals surface area contributed by atoms with Crippen molar-refractivity contribution < 1.29 is 9.90 Å². The van der Waals surface area contributed by atoms with Crippen LogP contribution in [0.25, 0.3) is 10.1 Å². The Labute approximate surface area is 109 Å². The van der Waals surface area contributed by atoms with Crippen molar-refractivity contribution in [3.63, 3.8) is 0 Å². The van der Waals surface area contributed by atoms with Crippen LogP contribution in [0.3, 0.4) is 0 Å². The molecule has 2 N–H and O–H groups in total. The van der Waals surface area contributed by atoms with Gasteiger partial charge >= 0.3 is 5.97 Å². The van der Waals surface area contributed by atoms with E-state index in [-0.39, 0.29) is 0 Å². The van der Waals surface area contributed by atoms with Gasteiger partial charge in [-0.25, -0.2) is 4.79 Å². The molecule has 0 spiro atoms. The number of hydrogen-bond donors (Lipinski definition) is 2. The van der Waals surface area contributed by atoms with Gasteiger partial charge in [0.15, 0.2) is 0 Å². The van der Waals surface area contributed by atoms with Crippen LogP contribution in [0.15, 0.2) is 24.3 Å². The third-order valence-corrected chi connectivity index (χ3v) is 4.53. The Balaban J connectivity index is 1.90. The monoisotopic (exact) mass is 261 g/mol. The lowest BCUT2D eigenvalue weighted by molar-refractivity contribution is 0.0701. The molecule has 0 atom stereocenters. The van der Waals surface area contributed by atoms with Gasteiger partial charge in [-0.1, -0.05) is 18.2 Å². The molecule has 1 aliphatic carbocycles. The van der Waals surface area contributed by atoms with E-state index in [0.717, 1.165) is 28.1 Å². The summed E-state index contributed by atoms with van der Waals surface area (Å²) in [5.41, 5.74) is 0.934. The van der Waals surface area contributed by atoms with Gasteiger partial charge in [0.1, 0.15) is 4.88 Å². The number of hydrogen-bond acceptors (Lipinski definition) is 3. The number of rotatable bonds is 5. The highest BCUT2D eigenvalue weighted by Crippen LogP contribution is 2.32. The van der Waals surface area contributed by atoms with Crippen molar-refractivity contribution in [3.05, 3.63) is 34.7 Å². The molecular weight excluding hydrogens is 246 g/mol. The van der Waals surface area contributed by atoms with Gasteiger partial charge in [0, 0.05) is 11.2 Å². The Bertz CT molecular complexity index is 586. The van der Waals surface area contributed by atoms with Gasteiger partial charge in [0.05, 0.1) is 0 Å². The molecule has 0 unspecified atom stereocenters. The van der Waals surface area contributed by atoms with E-state index in [9.17, 15) is 9.90 Å². The van der Waals surface area contributed by atoms with Crippen LogP contribution in [-0.2, 0) is 6.54 Å². The zero-order valence-electron chi connectivity index (χ0n) is 9.98. The second-order valence-corrected chi connectivity index (χ2v) is 5.84. The average molecular weight is 261 g/mol. The number of carboxylic acid groups (broad SMARTS) is 1. The first kappa shape index (κ1) is 11.7. The lowest BCUT2D eigenvalue weighted by Gasteiger charge is -2.04. The zero-order valence-corrected chi connectivity index (χ0v) is 10.8. The van der Waals surface area contributed by atoms with Crippen LogP contribution >= 0.6 is 11.3 Å². The molecule has 0 amide bonds. The van der Waals surface area contributed by atoms with Crippen molar-refractivity contribution in [2.24, 2.45) is 5.92 Å². The van der Waals surface area contributed by atoms with Crippen molar-refractivity contribution in [1.82, 2.24) is 5.32 Å². The first-order valence-electron chi connectivity index (χ1n) is 6.20. The van der Waals surface area contributed by atoms with E-state index >= 15 is 0 Å². The Hall–Kier alpha value is -1.39. The standard InChI is InChI=1S/C14H15NO2S/c16-14(17)13-11(8-15-7-9-5-6-9)10-3-1-2-4-12(10)18-13/h1-4,9,15H,5-8H2,(H,16,17). The van der Waals surface area contributed by atoms with Crippen LogP contribution in [0.1, 0.15) is 28.1 Å². The number of thiophene rings is 1. The van der Waals surface area contributed by atoms with Gasteiger partial charge in [-0.2, -0.15) is 0 Å². The van der Waals surface area contributed by atoms with Gasteiger partial charge < -0.3 is 10.4 Å². The molecule has 1 fully saturated rings. The van der Waals surface area contributed by atoms with Crippen LogP contribution in [0.4, 0.5) is 0 Å². The summed E-state index contributed by atoms with van der Waals surface area (Å²) in [5, 5.41) is 13.7. The SMILES string of the molecule is O=C(O)c1sc2ccccc2c1CNCC1CC1. The molecule has 1 aliphatic rings. The number of aromatic carboxylic acids is 1. The Morgan fingerprint density at radius 3 is 2.89 bits per heavy atom. The molecule has 3 rings (SSSR count). The molecule has 1 heterocycles. The minimum Gasteiger partial charge on any atom is -0.477 e. The van der Waals surface area contributed by atoms with Gasteiger partial charge in [0.25, 0.3) is 0 Å². The van der Waals surface area contributed by atoms with Crippen molar-refractivity contribution >= 4 is 27.4 Å². The maximum absolute atomic E-state index is 11.3. The molecule has 1 saturated carbocycles. The molecule has 0 bridgehead atoms. The molecular formula is C14H15NO2S. The average Bonchev–Trinajstić information content (AvgIpc) is 3.10. The minimum atomic E-state index is -0.820. The second-order valence-electron chi connectivity index (χ2n) is 4.79. The summed E-state index contributed by atoms with van der Waals surface area (Å²) in [6.45, 7) is 1.66. The highest BCUT2D eigenvalue weighted by Gasteiger charge is 2.21. The molecule has 0 radical (unpaired) electrons. The number of carboxylic acids is 1. The summed E-state index contributed by atoms with van der Waals surface area (Å²) in [4.78, 5) is 11.8. The smallest absolute Gasteiger partial charge is 0.346 e. The van der Waals surface area contributed by atoms with Crippen molar-refractivity contribution in [2.75, 3.05) is 6.54 Å². The van der Waals surface area contributed by atoms with E-state index in [1.807, 2.05) is 24.3 Å². The molecule has 4 heteroatoms. The van der Waals surface area contributed by atoms with Crippen LogP contribution in [0, 0.1) is 5.92 Å². The summed E-state index contributed by atoms with van der Waals surface area (Å²) in [6.07, 6.45) is 2.62. The Morgan fingerprint density at radius 1 is 1.39 bits per heavy atom. The summed E-state index contributed by atoms with van der Waals surface area (Å²) >= 11 is 1.37. The van der Waals surface area contributed by atoms with Gasteiger partial charge in [-0.05, 0) is 42.3 Å². The topological polar surface area (TPSA) is 49.3 Å². The normalized spacial score (nSPS) is 15.1. The number of carbonyl (C=O) groups is 1. The maximum atomic E-state index is 11.3. The van der Waals surface area contributed by atoms with E-state index in [0.29, 0.717) is 11.4 Å². The van der Waals surface area contributed by atoms with E-state index in [1.54, 1.807) is 0 Å². The first-order chi connectivity index (χ1) is 8.75. The van der Waals surface area contributed by atoms with Crippen LogP contribution in [0.5, 0.6) is 0 Å². The van der Waals surface area contributed by atoms with Gasteiger partial charge in [0.2, 0.25) is 0 Å². The van der Waals surface area contributed by atoms with Gasteiger partial charge in [-0.15, -0.1) is 11.3 Å². The molecule has 0 saturated heterocycles. The van der Waals surface area contributed by atoms with Crippen molar-refractivity contribution in [1.29, 1.82) is 0 Å². The van der Waals surface area contributed by atoms with Crippen LogP contribution in [-0.4, -0.2) is 17.6 Å². The molecule has 0 aliphatic heterocycles. The fourth-order valence-electron chi connectivity index (χ4n) is 2.17. The fraction of sp³-hybridized carbons (Fsp3) is 0.357. The third kappa shape index (κ3) is 2.26. The predicted octanol–water partition coefficient (Wildman–Crippen LogP) is 3.10. The number of fused-ring (bicyclic) bond motifs is 1. The maximum Gasteiger partial charge on any atom is 0.346 e. The third-order valence-electron chi connectivity index (χ3n) is 3.32. The predicted molar refractivity (Wildman–Crippen MR) is 73.2 cm³/mol. The summed E-state index contributed by atoms with van der Waals surface area (Å²) in [6, 6.07) is 7.90. The van der Waals surface area contributed by atoms with E-state index in [2.05, 4.69) is 5.32 Å². The number of nitrogens with one attached hydrogen (secondary N) is 1. The molecule has 1 aromatic heterocycles. The molecule has 3 nitrogen and oxygen atoms in total. The molecule has 1 aromatic carbocycles. The van der Waals surface area contributed by atoms with E-state index in [4.69, 9.17) is 0 Å². The van der Waals surface area contributed by atoms with Crippen molar-refractivity contribution in [2.45, 2.75) is 19.4 Å².